The molecule has 1 amide bonds. The molecule has 2 fully saturated rings. The molecule has 62 heavy (non-hydrogen) atoms. The van der Waals surface area contributed by atoms with Crippen molar-refractivity contribution >= 4 is 61.8 Å². The van der Waals surface area contributed by atoms with E-state index in [0.29, 0.717) is 35.7 Å². The Hall–Kier alpha value is -4.22. The number of halogens is 4. The number of nitrogens with one attached hydrogen (secondary N) is 2. The molecule has 5 aromatic rings. The average molecular weight is 926 g/mol. The second-order valence-corrected chi connectivity index (χ2v) is 20.2. The van der Waals surface area contributed by atoms with Crippen molar-refractivity contribution in [3.05, 3.63) is 137 Å². The summed E-state index contributed by atoms with van der Waals surface area (Å²) >= 11 is 5.20. The number of likely N-dealkylation sites (tertiary alicyclic amines) is 1. The number of piperidine rings is 1. The Morgan fingerprint density at radius 2 is 1.60 bits per heavy atom. The van der Waals surface area contributed by atoms with Crippen molar-refractivity contribution in [3.8, 4) is 11.1 Å². The van der Waals surface area contributed by atoms with E-state index in [2.05, 4.69) is 38.0 Å². The number of thioether (sulfide) groups is 1. The molecule has 16 heteroatoms. The highest BCUT2D eigenvalue weighted by atomic mass is 35.5. The first kappa shape index (κ1) is 45.8. The van der Waals surface area contributed by atoms with Crippen LogP contribution in [0.15, 0.2) is 136 Å². The fourth-order valence-corrected chi connectivity index (χ4v) is 11.0. The van der Waals surface area contributed by atoms with Crippen LogP contribution in [0, 0.1) is 5.92 Å². The Labute approximate surface area is 373 Å². The minimum Gasteiger partial charge on any atom is -0.588 e. The molecule has 2 heterocycles. The van der Waals surface area contributed by atoms with Crippen LogP contribution in [0.5, 0.6) is 0 Å². The van der Waals surface area contributed by atoms with Crippen LogP contribution < -0.4 is 14.9 Å². The second kappa shape index (κ2) is 20.5. The molecule has 3 N–H and O–H groups in total. The summed E-state index contributed by atoms with van der Waals surface area (Å²) in [7, 11) is -5.91. The number of carbonyl (C=O) groups is 1. The smallest absolute Gasteiger partial charge is 0.501 e. The summed E-state index contributed by atoms with van der Waals surface area (Å²) in [4.78, 5) is 17.1. The van der Waals surface area contributed by atoms with E-state index in [1.165, 1.54) is 35.0 Å². The third-order valence-electron chi connectivity index (χ3n) is 11.5. The largest absolute Gasteiger partial charge is 0.588 e. The van der Waals surface area contributed by atoms with Crippen molar-refractivity contribution in [2.75, 3.05) is 48.8 Å². The molecule has 0 aromatic heterocycles. The molecule has 2 aliphatic rings. The Kier molecular flexibility index (Phi) is 15.2. The molecule has 0 spiro atoms. The predicted octanol–water partition coefficient (Wildman–Crippen LogP) is 9.24. The number of aliphatic hydroxyl groups excluding tert-OH is 1. The van der Waals surface area contributed by atoms with E-state index in [9.17, 15) is 36.0 Å². The van der Waals surface area contributed by atoms with Gasteiger partial charge in [-0.25, -0.2) is 8.42 Å². The summed E-state index contributed by atoms with van der Waals surface area (Å²) in [5.41, 5.74) is -1.21. The summed E-state index contributed by atoms with van der Waals surface area (Å²) in [6.07, 6.45) is 4.21. The molecule has 2 unspecified atom stereocenters. The lowest BCUT2D eigenvalue weighted by atomic mass is 9.87. The van der Waals surface area contributed by atoms with Gasteiger partial charge < -0.3 is 19.9 Å². The number of sulfone groups is 1. The molecular weight excluding hydrogens is 877 g/mol. The van der Waals surface area contributed by atoms with Gasteiger partial charge in [-0.3, -0.25) is 9.69 Å². The lowest BCUT2D eigenvalue weighted by Crippen LogP contribution is -2.51. The van der Waals surface area contributed by atoms with Crippen LogP contribution in [0.25, 0.3) is 11.1 Å². The molecule has 0 aliphatic carbocycles. The number of alkyl halides is 3. The minimum atomic E-state index is -5.91. The number of benzene rings is 5. The first-order valence-corrected chi connectivity index (χ1v) is 24.4. The maximum atomic E-state index is 14.1. The molecule has 328 valence electrons. The third-order valence-corrected chi connectivity index (χ3v) is 15.5. The Morgan fingerprint density at radius 3 is 2.26 bits per heavy atom. The molecule has 0 bridgehead atoms. The van der Waals surface area contributed by atoms with Gasteiger partial charge in [-0.05, 0) is 115 Å². The lowest BCUT2D eigenvalue weighted by Gasteiger charge is -2.42. The van der Waals surface area contributed by atoms with Crippen molar-refractivity contribution in [3.63, 3.8) is 0 Å². The fraction of sp³-hybridized carbons (Fsp3) is 0.326. The van der Waals surface area contributed by atoms with Gasteiger partial charge >= 0.3 is 5.51 Å². The predicted molar refractivity (Wildman–Crippen MR) is 242 cm³/mol. The first-order chi connectivity index (χ1) is 29.8. The maximum absolute atomic E-state index is 14.1. The molecule has 0 saturated carbocycles. The van der Waals surface area contributed by atoms with E-state index in [-0.39, 0.29) is 28.8 Å². The minimum absolute atomic E-state index is 0.0366. The van der Waals surface area contributed by atoms with Crippen LogP contribution in [0.4, 0.5) is 24.5 Å². The van der Waals surface area contributed by atoms with E-state index in [0.717, 1.165) is 61.5 Å². The van der Waals surface area contributed by atoms with E-state index >= 15 is 0 Å². The van der Waals surface area contributed by atoms with Crippen molar-refractivity contribution in [1.29, 1.82) is 0 Å². The number of amides is 1. The lowest BCUT2D eigenvalue weighted by molar-refractivity contribution is -0.0435. The number of nitrogens with zero attached hydrogens (tertiary/aromatic N) is 2. The van der Waals surface area contributed by atoms with Crippen LogP contribution in [0.3, 0.4) is 0 Å². The van der Waals surface area contributed by atoms with Gasteiger partial charge in [-0.15, -0.1) is 11.8 Å². The van der Waals surface area contributed by atoms with Gasteiger partial charge in [0.2, 0.25) is 0 Å². The van der Waals surface area contributed by atoms with Gasteiger partial charge in [0.1, 0.15) is 16.3 Å². The van der Waals surface area contributed by atoms with Gasteiger partial charge in [-0.1, -0.05) is 66.2 Å². The summed E-state index contributed by atoms with van der Waals surface area (Å²) < 4.78 is 84.2. The Balaban J connectivity index is 0.998. The molecule has 3 atom stereocenters. The quantitative estimate of drug-likeness (QED) is 0.0619. The standard InChI is InChI=1S/C46H48ClF3N4O5S3/c47-36-14-10-33(11-15-36)42-9-5-4-6-35(42)28-32-20-23-53(24-21-32)38-16-12-34(13-17-38)45(56)52-61(57)41-18-19-43(44(30-41)62(58,59)46(48,49)50)51-37(29-39-22-25-54(39)26-27-55)31-60-40-7-2-1-3-8-40/h1-19,30,32,37,39,51,55H,20-29,31H2,(H,52,56)/t37-,39?,61?/m1/s1. The van der Waals surface area contributed by atoms with Crippen LogP contribution in [0.2, 0.25) is 5.02 Å². The van der Waals surface area contributed by atoms with E-state index < -0.39 is 43.6 Å². The van der Waals surface area contributed by atoms with Gasteiger partial charge in [0.05, 0.1) is 12.3 Å². The van der Waals surface area contributed by atoms with Gasteiger partial charge in [0.15, 0.2) is 4.90 Å². The van der Waals surface area contributed by atoms with Crippen LogP contribution in [0.1, 0.15) is 41.6 Å². The zero-order valence-electron chi connectivity index (χ0n) is 33.8. The highest BCUT2D eigenvalue weighted by molar-refractivity contribution is 7.99. The summed E-state index contributed by atoms with van der Waals surface area (Å²) in [6, 6.07) is 35.3. The summed E-state index contributed by atoms with van der Waals surface area (Å²) in [6.45, 7) is 2.84. The SMILES string of the molecule is O=C(N[S+]([O-])c1ccc(N[C@@H](CSc2ccccc2)CC2CCN2CCO)c(S(=O)(=O)C(F)(F)F)c1)c1ccc(N2CCC(Cc3ccccc3-c3ccc(Cl)cc3)CC2)cc1. The van der Waals surface area contributed by atoms with Gasteiger partial charge in [0.25, 0.3) is 15.7 Å². The normalized spacial score (nSPS) is 17.3. The highest BCUT2D eigenvalue weighted by Crippen LogP contribution is 2.38. The topological polar surface area (TPSA) is 125 Å². The van der Waals surface area contributed by atoms with Crippen molar-refractivity contribution in [2.24, 2.45) is 5.92 Å². The van der Waals surface area contributed by atoms with Crippen molar-refractivity contribution in [1.82, 2.24) is 9.62 Å². The molecule has 0 radical (unpaired) electrons. The number of aliphatic hydroxyl groups is 1. The molecule has 2 saturated heterocycles. The maximum Gasteiger partial charge on any atom is 0.501 e. The van der Waals surface area contributed by atoms with E-state index in [4.69, 9.17) is 11.6 Å². The zero-order chi connectivity index (χ0) is 43.9. The zero-order valence-corrected chi connectivity index (χ0v) is 37.0. The van der Waals surface area contributed by atoms with Crippen molar-refractivity contribution in [2.45, 2.75) is 64.4 Å². The van der Waals surface area contributed by atoms with Gasteiger partial charge in [-0.2, -0.15) is 17.9 Å². The number of carbonyl (C=O) groups excluding carboxylic acids is 1. The highest BCUT2D eigenvalue weighted by Gasteiger charge is 2.49. The molecule has 7 rings (SSSR count). The monoisotopic (exact) mass is 924 g/mol. The number of hydrogen-bond acceptors (Lipinski definition) is 9. The van der Waals surface area contributed by atoms with Crippen LogP contribution in [-0.2, 0) is 27.6 Å². The Morgan fingerprint density at radius 1 is 0.903 bits per heavy atom. The molecule has 9 nitrogen and oxygen atoms in total. The molecule has 2 aliphatic heterocycles. The third kappa shape index (κ3) is 11.3. The fourth-order valence-electron chi connectivity index (χ4n) is 8.04. The van der Waals surface area contributed by atoms with E-state index in [1.807, 2.05) is 72.8 Å². The van der Waals surface area contributed by atoms with Gasteiger partial charge in [0, 0.05) is 71.3 Å². The summed E-state index contributed by atoms with van der Waals surface area (Å²) in [5, 5.41) is 13.2. The molecule has 5 aromatic carbocycles. The van der Waals surface area contributed by atoms with E-state index in [1.54, 1.807) is 12.1 Å². The number of hydrogen-bond donors (Lipinski definition) is 3. The summed E-state index contributed by atoms with van der Waals surface area (Å²) in [5.74, 6) is 0.161. The number of rotatable bonds is 17. The van der Waals surface area contributed by atoms with Crippen molar-refractivity contribution < 1.29 is 36.0 Å². The van der Waals surface area contributed by atoms with Crippen LogP contribution in [-0.4, -0.2) is 85.0 Å². The number of anilines is 2. The average Bonchev–Trinajstić information content (AvgIpc) is 3.27. The Bertz CT molecular complexity index is 2390. The molecular formula is C46H48ClF3N4O5S3. The second-order valence-electron chi connectivity index (χ2n) is 15.6. The number of β-amino-alcohol motifs (C(OH)–C–C–N with tert-alkyl or cyclic N) is 1. The van der Waals surface area contributed by atoms with Crippen LogP contribution >= 0.6 is 23.4 Å². The first-order valence-electron chi connectivity index (χ1n) is 20.5.